The molecule has 1 unspecified atom stereocenters. The van der Waals surface area contributed by atoms with Gasteiger partial charge in [-0.05, 0) is 30.5 Å². The van der Waals surface area contributed by atoms with Crippen molar-refractivity contribution >= 4 is 29.9 Å². The Morgan fingerprint density at radius 3 is 2.88 bits per heavy atom. The molecule has 2 rings (SSSR count). The van der Waals surface area contributed by atoms with Crippen molar-refractivity contribution < 1.29 is 14.6 Å². The highest BCUT2D eigenvalue weighted by Crippen LogP contribution is 2.31. The molecule has 24 heavy (non-hydrogen) atoms. The van der Waals surface area contributed by atoms with Crippen LogP contribution in [0.25, 0.3) is 0 Å². The number of hydrogen-bond donors (Lipinski definition) is 3. The first-order valence-electron chi connectivity index (χ1n) is 7.97. The van der Waals surface area contributed by atoms with Crippen molar-refractivity contribution in [2.24, 2.45) is 10.4 Å². The van der Waals surface area contributed by atoms with Crippen LogP contribution < -0.4 is 15.4 Å². The monoisotopic (exact) mass is 449 g/mol. The maximum Gasteiger partial charge on any atom is 0.191 e. The number of nitrogens with one attached hydrogen (secondary N) is 2. The van der Waals surface area contributed by atoms with Crippen molar-refractivity contribution in [1.29, 1.82) is 0 Å². The van der Waals surface area contributed by atoms with Crippen LogP contribution in [0.5, 0.6) is 5.75 Å². The molecule has 1 saturated heterocycles. The van der Waals surface area contributed by atoms with Crippen LogP contribution in [0.3, 0.4) is 0 Å². The van der Waals surface area contributed by atoms with Gasteiger partial charge in [0.15, 0.2) is 5.96 Å². The summed E-state index contributed by atoms with van der Waals surface area (Å²) in [4.78, 5) is 4.26. The lowest BCUT2D eigenvalue weighted by Gasteiger charge is -2.27. The van der Waals surface area contributed by atoms with Gasteiger partial charge in [-0.15, -0.1) is 24.0 Å². The van der Waals surface area contributed by atoms with Gasteiger partial charge in [-0.2, -0.15) is 0 Å². The number of nitrogens with zero attached hydrogens (tertiary/aromatic N) is 1. The van der Waals surface area contributed by atoms with E-state index in [1.165, 1.54) is 0 Å². The van der Waals surface area contributed by atoms with Crippen LogP contribution in [-0.2, 0) is 11.3 Å². The fourth-order valence-corrected chi connectivity index (χ4v) is 2.77. The molecule has 3 N–H and O–H groups in total. The Kier molecular flexibility index (Phi) is 9.38. The van der Waals surface area contributed by atoms with Crippen LogP contribution in [0.15, 0.2) is 29.3 Å². The lowest BCUT2D eigenvalue weighted by Crippen LogP contribution is -2.44. The van der Waals surface area contributed by atoms with E-state index in [0.29, 0.717) is 13.2 Å². The Bertz CT molecular complexity index is 520. The fraction of sp³-hybridized carbons (Fsp3) is 0.588. The van der Waals surface area contributed by atoms with E-state index in [0.717, 1.165) is 43.3 Å². The molecule has 1 aliphatic heterocycles. The molecule has 0 amide bonds. The van der Waals surface area contributed by atoms with Gasteiger partial charge in [-0.3, -0.25) is 4.99 Å². The Hall–Kier alpha value is -1.06. The van der Waals surface area contributed by atoms with Crippen molar-refractivity contribution in [1.82, 2.24) is 10.6 Å². The Morgan fingerprint density at radius 2 is 2.25 bits per heavy atom. The molecule has 1 heterocycles. The van der Waals surface area contributed by atoms with Gasteiger partial charge < -0.3 is 25.2 Å². The first-order valence-corrected chi connectivity index (χ1v) is 7.97. The van der Waals surface area contributed by atoms with E-state index in [4.69, 9.17) is 9.47 Å². The number of guanidine groups is 1. The summed E-state index contributed by atoms with van der Waals surface area (Å²) in [5.41, 5.74) is 1.13. The molecule has 0 radical (unpaired) electrons. The highest BCUT2D eigenvalue weighted by molar-refractivity contribution is 14.0. The molecule has 1 atom stereocenters. The number of ether oxygens (including phenoxy) is 2. The Labute approximate surface area is 161 Å². The van der Waals surface area contributed by atoms with Crippen LogP contribution in [-0.4, -0.2) is 51.6 Å². The summed E-state index contributed by atoms with van der Waals surface area (Å²) in [6, 6.07) is 7.94. The van der Waals surface area contributed by atoms with Crippen molar-refractivity contribution in [3.8, 4) is 5.75 Å². The van der Waals surface area contributed by atoms with E-state index < -0.39 is 0 Å². The zero-order valence-corrected chi connectivity index (χ0v) is 16.7. The summed E-state index contributed by atoms with van der Waals surface area (Å²) in [5, 5.41) is 15.9. The molecule has 0 spiro atoms. The molecule has 0 saturated carbocycles. The third-order valence-corrected chi connectivity index (χ3v) is 4.28. The first-order chi connectivity index (χ1) is 11.2. The van der Waals surface area contributed by atoms with Crippen molar-refractivity contribution in [2.45, 2.75) is 19.4 Å². The van der Waals surface area contributed by atoms with E-state index >= 15 is 0 Å². The predicted molar refractivity (Wildman–Crippen MR) is 106 cm³/mol. The van der Waals surface area contributed by atoms with Crippen LogP contribution in [0.1, 0.15) is 18.4 Å². The second kappa shape index (κ2) is 10.7. The Balaban J connectivity index is 0.00000288. The largest absolute Gasteiger partial charge is 0.497 e. The van der Waals surface area contributed by atoms with Gasteiger partial charge in [-0.1, -0.05) is 12.1 Å². The molecule has 136 valence electrons. The van der Waals surface area contributed by atoms with E-state index in [1.807, 2.05) is 24.3 Å². The minimum Gasteiger partial charge on any atom is -0.497 e. The van der Waals surface area contributed by atoms with E-state index in [2.05, 4.69) is 15.6 Å². The number of hydrogen-bond acceptors (Lipinski definition) is 4. The summed E-state index contributed by atoms with van der Waals surface area (Å²) in [7, 11) is 3.42. The van der Waals surface area contributed by atoms with Gasteiger partial charge in [0.05, 0.1) is 13.7 Å². The molecule has 1 aromatic carbocycles. The van der Waals surface area contributed by atoms with Crippen LogP contribution in [0.2, 0.25) is 0 Å². The smallest absolute Gasteiger partial charge is 0.191 e. The number of methoxy groups -OCH3 is 1. The second-order valence-electron chi connectivity index (χ2n) is 5.91. The molecule has 6 nitrogen and oxygen atoms in total. The van der Waals surface area contributed by atoms with Gasteiger partial charge in [0.2, 0.25) is 0 Å². The minimum absolute atomic E-state index is 0. The third kappa shape index (κ3) is 6.10. The first kappa shape index (κ1) is 21.0. The van der Waals surface area contributed by atoms with Crippen LogP contribution in [0, 0.1) is 5.41 Å². The number of rotatable bonds is 7. The summed E-state index contributed by atoms with van der Waals surface area (Å²) in [6.07, 6.45) is 1.71. The van der Waals surface area contributed by atoms with Gasteiger partial charge in [0, 0.05) is 38.8 Å². The van der Waals surface area contributed by atoms with Gasteiger partial charge in [0.1, 0.15) is 5.75 Å². The second-order valence-corrected chi connectivity index (χ2v) is 5.91. The molecular formula is C17H28IN3O3. The lowest BCUT2D eigenvalue weighted by molar-refractivity contribution is 0.127. The topological polar surface area (TPSA) is 75.1 Å². The summed E-state index contributed by atoms with van der Waals surface area (Å²) >= 11 is 0. The zero-order valence-electron chi connectivity index (χ0n) is 14.4. The molecule has 7 heteroatoms. The quantitative estimate of drug-likeness (QED) is 0.336. The standard InChI is InChI=1S/C17H27N3O3.HI/c1-18-16(19-11-14-4-3-5-15(10-14)22-2)20-12-17(6-8-21)7-9-23-13-17;/h3-5,10,21H,6-9,11-13H2,1-2H3,(H2,18,19,20);1H. The summed E-state index contributed by atoms with van der Waals surface area (Å²) in [5.74, 6) is 1.59. The maximum absolute atomic E-state index is 9.27. The maximum atomic E-state index is 9.27. The highest BCUT2D eigenvalue weighted by Gasteiger charge is 2.34. The number of aliphatic hydroxyl groups is 1. The number of benzene rings is 1. The molecule has 1 aliphatic rings. The van der Waals surface area contributed by atoms with Crippen molar-refractivity contribution in [2.75, 3.05) is 40.5 Å². The number of aliphatic hydroxyl groups excluding tert-OH is 1. The normalized spacial score (nSPS) is 20.4. The average Bonchev–Trinajstić information content (AvgIpc) is 3.04. The molecular weight excluding hydrogens is 421 g/mol. The van der Waals surface area contributed by atoms with Gasteiger partial charge in [0.25, 0.3) is 0 Å². The fourth-order valence-electron chi connectivity index (χ4n) is 2.77. The summed E-state index contributed by atoms with van der Waals surface area (Å²) in [6.45, 7) is 3.04. The average molecular weight is 449 g/mol. The van der Waals surface area contributed by atoms with E-state index in [9.17, 15) is 5.11 Å². The van der Waals surface area contributed by atoms with E-state index in [1.54, 1.807) is 14.2 Å². The van der Waals surface area contributed by atoms with Crippen LogP contribution in [0.4, 0.5) is 0 Å². The molecule has 0 aromatic heterocycles. The highest BCUT2D eigenvalue weighted by atomic mass is 127. The lowest BCUT2D eigenvalue weighted by atomic mass is 9.84. The number of aliphatic imine (C=N–C) groups is 1. The van der Waals surface area contributed by atoms with Gasteiger partial charge >= 0.3 is 0 Å². The minimum atomic E-state index is 0. The molecule has 1 fully saturated rings. The van der Waals surface area contributed by atoms with Crippen LogP contribution >= 0.6 is 24.0 Å². The Morgan fingerprint density at radius 1 is 1.42 bits per heavy atom. The third-order valence-electron chi connectivity index (χ3n) is 4.28. The summed E-state index contributed by atoms with van der Waals surface area (Å²) < 4.78 is 10.7. The zero-order chi connectivity index (χ0) is 16.5. The molecule has 0 bridgehead atoms. The molecule has 0 aliphatic carbocycles. The number of halogens is 1. The molecule has 1 aromatic rings. The van der Waals surface area contributed by atoms with Gasteiger partial charge in [-0.25, -0.2) is 0 Å². The van der Waals surface area contributed by atoms with E-state index in [-0.39, 0.29) is 36.0 Å². The van der Waals surface area contributed by atoms with Crippen molar-refractivity contribution in [3.63, 3.8) is 0 Å². The SMILES string of the molecule is CN=C(NCc1cccc(OC)c1)NCC1(CCO)CCOC1.I. The predicted octanol–water partition coefficient (Wildman–Crippen LogP) is 1.77. The van der Waals surface area contributed by atoms with Crippen molar-refractivity contribution in [3.05, 3.63) is 29.8 Å².